The summed E-state index contributed by atoms with van der Waals surface area (Å²) in [7, 11) is 0. The normalized spacial score (nSPS) is 25.8. The zero-order valence-electron chi connectivity index (χ0n) is 16.2. The van der Waals surface area contributed by atoms with Gasteiger partial charge in [0.2, 0.25) is 23.6 Å². The van der Waals surface area contributed by atoms with Crippen molar-refractivity contribution in [1.82, 2.24) is 15.5 Å². The first-order valence-electron chi connectivity index (χ1n) is 9.74. The molecule has 1 aromatic carbocycles. The summed E-state index contributed by atoms with van der Waals surface area (Å²) in [6.07, 6.45) is 0.802. The van der Waals surface area contributed by atoms with Crippen LogP contribution in [0.3, 0.4) is 0 Å². The first kappa shape index (κ1) is 19.7. The Kier molecular flexibility index (Phi) is 4.64. The van der Waals surface area contributed by atoms with Gasteiger partial charge in [0, 0.05) is 18.7 Å². The topological polar surface area (TPSA) is 142 Å². The van der Waals surface area contributed by atoms with Crippen LogP contribution in [0.25, 0.3) is 0 Å². The van der Waals surface area contributed by atoms with E-state index < -0.39 is 41.0 Å². The highest BCUT2D eigenvalue weighted by atomic mass is 16.2. The first-order chi connectivity index (χ1) is 14.3. The Morgan fingerprint density at radius 1 is 1.17 bits per heavy atom. The number of rotatable bonds is 4. The molecule has 1 aromatic rings. The highest BCUT2D eigenvalue weighted by Gasteiger charge is 2.48. The summed E-state index contributed by atoms with van der Waals surface area (Å²) in [6, 6.07) is 3.20. The number of carbonyl (C=O) groups excluding carboxylic acids is 6. The summed E-state index contributed by atoms with van der Waals surface area (Å²) in [6.45, 7) is 2.17. The molecule has 3 aliphatic rings. The van der Waals surface area contributed by atoms with E-state index in [-0.39, 0.29) is 35.6 Å². The number of fused-ring (bicyclic) bond motifs is 1. The van der Waals surface area contributed by atoms with Crippen LogP contribution in [0, 0.1) is 5.41 Å². The summed E-state index contributed by atoms with van der Waals surface area (Å²) in [4.78, 5) is 74.9. The van der Waals surface area contributed by atoms with E-state index in [9.17, 15) is 28.8 Å². The summed E-state index contributed by atoms with van der Waals surface area (Å²) in [5.74, 6) is -3.23. The van der Waals surface area contributed by atoms with Crippen LogP contribution in [-0.4, -0.2) is 52.9 Å². The maximum atomic E-state index is 12.9. The highest BCUT2D eigenvalue weighted by molar-refractivity contribution is 6.24. The molecule has 0 saturated carbocycles. The van der Waals surface area contributed by atoms with Crippen LogP contribution < -0.4 is 16.0 Å². The number of amides is 6. The van der Waals surface area contributed by atoms with Crippen LogP contribution in [0.4, 0.5) is 5.69 Å². The lowest BCUT2D eigenvalue weighted by atomic mass is 9.82. The fourth-order valence-corrected chi connectivity index (χ4v) is 4.19. The van der Waals surface area contributed by atoms with Crippen LogP contribution in [0.5, 0.6) is 0 Å². The van der Waals surface area contributed by atoms with Crippen molar-refractivity contribution in [2.45, 2.75) is 38.6 Å². The number of carbonyl (C=O) groups is 6. The molecular weight excluding hydrogens is 392 g/mol. The number of benzene rings is 1. The molecule has 156 valence electrons. The van der Waals surface area contributed by atoms with Gasteiger partial charge in [-0.25, -0.2) is 0 Å². The Morgan fingerprint density at radius 3 is 2.53 bits per heavy atom. The standard InChI is InChI=1S/C20H20N4O6/c1-2-20(7-8-21-18(20)29)19(30)22-10-3-4-11-12(9-10)17(28)24(16(11)27)13-5-6-14(25)23-15(13)26/h3-4,9,13H,2,5-8H2,1H3,(H,21,29)(H,22,30)(H,23,25,26). The van der Waals surface area contributed by atoms with E-state index in [0.717, 1.165) is 4.90 Å². The molecule has 3 N–H and O–H groups in total. The van der Waals surface area contributed by atoms with Crippen LogP contribution in [0.2, 0.25) is 0 Å². The zero-order valence-corrected chi connectivity index (χ0v) is 16.2. The van der Waals surface area contributed by atoms with Gasteiger partial charge in [-0.05, 0) is 37.5 Å². The summed E-state index contributed by atoms with van der Waals surface area (Å²) >= 11 is 0. The zero-order chi connectivity index (χ0) is 21.6. The van der Waals surface area contributed by atoms with Crippen LogP contribution in [-0.2, 0) is 19.2 Å². The molecule has 2 saturated heterocycles. The molecule has 2 fully saturated rings. The minimum atomic E-state index is -1.17. The molecule has 30 heavy (non-hydrogen) atoms. The molecule has 0 spiro atoms. The second-order valence-corrected chi connectivity index (χ2v) is 7.60. The Labute approximate surface area is 171 Å². The number of nitrogens with one attached hydrogen (secondary N) is 3. The molecule has 6 amide bonds. The average Bonchev–Trinajstić information content (AvgIpc) is 3.21. The minimum absolute atomic E-state index is 0.0340. The Balaban J connectivity index is 1.58. The van der Waals surface area contributed by atoms with Crippen molar-refractivity contribution in [3.05, 3.63) is 29.3 Å². The molecule has 0 bridgehead atoms. The SMILES string of the molecule is CCC1(C(=O)Nc2ccc3c(c2)C(=O)N(C2CCC(=O)NC2=O)C3=O)CCNC1=O. The lowest BCUT2D eigenvalue weighted by molar-refractivity contribution is -0.138. The first-order valence-corrected chi connectivity index (χ1v) is 9.74. The van der Waals surface area contributed by atoms with E-state index in [1.807, 2.05) is 0 Å². The average molecular weight is 412 g/mol. The third-order valence-corrected chi connectivity index (χ3v) is 6.01. The number of piperidine rings is 1. The molecule has 10 nitrogen and oxygen atoms in total. The van der Waals surface area contributed by atoms with E-state index in [0.29, 0.717) is 19.4 Å². The number of imide groups is 2. The second kappa shape index (κ2) is 7.05. The number of nitrogens with zero attached hydrogens (tertiary/aromatic N) is 1. The predicted molar refractivity (Wildman–Crippen MR) is 102 cm³/mol. The van der Waals surface area contributed by atoms with Gasteiger partial charge in [-0.15, -0.1) is 0 Å². The summed E-state index contributed by atoms with van der Waals surface area (Å²) in [5, 5.41) is 7.48. The predicted octanol–water partition coefficient (Wildman–Crippen LogP) is -0.0574. The van der Waals surface area contributed by atoms with Gasteiger partial charge in [0.15, 0.2) is 0 Å². The molecule has 2 unspecified atom stereocenters. The number of anilines is 1. The molecule has 10 heteroatoms. The molecule has 3 heterocycles. The van der Waals surface area contributed by atoms with Crippen LogP contribution in [0.15, 0.2) is 18.2 Å². The Hall–Kier alpha value is -3.56. The van der Waals surface area contributed by atoms with E-state index in [1.54, 1.807) is 6.92 Å². The minimum Gasteiger partial charge on any atom is -0.355 e. The Morgan fingerprint density at radius 2 is 1.90 bits per heavy atom. The molecule has 2 atom stereocenters. The highest BCUT2D eigenvalue weighted by Crippen LogP contribution is 2.34. The lowest BCUT2D eigenvalue weighted by Gasteiger charge is -2.27. The van der Waals surface area contributed by atoms with E-state index >= 15 is 0 Å². The monoisotopic (exact) mass is 412 g/mol. The van der Waals surface area contributed by atoms with Gasteiger partial charge in [-0.2, -0.15) is 0 Å². The van der Waals surface area contributed by atoms with Crippen molar-refractivity contribution < 1.29 is 28.8 Å². The molecule has 0 aliphatic carbocycles. The fourth-order valence-electron chi connectivity index (χ4n) is 4.19. The van der Waals surface area contributed by atoms with Crippen molar-refractivity contribution >= 4 is 41.1 Å². The van der Waals surface area contributed by atoms with Crippen LogP contribution >= 0.6 is 0 Å². The van der Waals surface area contributed by atoms with Gasteiger partial charge in [0.25, 0.3) is 11.8 Å². The van der Waals surface area contributed by atoms with Gasteiger partial charge in [-0.3, -0.25) is 39.0 Å². The number of hydrogen-bond acceptors (Lipinski definition) is 6. The van der Waals surface area contributed by atoms with Crippen molar-refractivity contribution in [3.8, 4) is 0 Å². The maximum Gasteiger partial charge on any atom is 0.262 e. The van der Waals surface area contributed by atoms with E-state index in [4.69, 9.17) is 0 Å². The van der Waals surface area contributed by atoms with Crippen molar-refractivity contribution in [2.24, 2.45) is 5.41 Å². The smallest absolute Gasteiger partial charge is 0.262 e. The quantitative estimate of drug-likeness (QED) is 0.467. The van der Waals surface area contributed by atoms with E-state index in [2.05, 4.69) is 16.0 Å². The lowest BCUT2D eigenvalue weighted by Crippen LogP contribution is -2.54. The number of hydrogen-bond donors (Lipinski definition) is 3. The third kappa shape index (κ3) is 2.87. The molecule has 0 aromatic heterocycles. The molecule has 3 aliphatic heterocycles. The van der Waals surface area contributed by atoms with Gasteiger partial charge in [-0.1, -0.05) is 6.92 Å². The van der Waals surface area contributed by atoms with Gasteiger partial charge in [0.05, 0.1) is 11.1 Å². The van der Waals surface area contributed by atoms with Gasteiger partial charge >= 0.3 is 0 Å². The van der Waals surface area contributed by atoms with Crippen molar-refractivity contribution in [3.63, 3.8) is 0 Å². The molecule has 0 radical (unpaired) electrons. The second-order valence-electron chi connectivity index (χ2n) is 7.60. The fraction of sp³-hybridized carbons (Fsp3) is 0.400. The van der Waals surface area contributed by atoms with E-state index in [1.165, 1.54) is 18.2 Å². The maximum absolute atomic E-state index is 12.9. The molecular formula is C20H20N4O6. The Bertz CT molecular complexity index is 1020. The summed E-state index contributed by atoms with van der Waals surface area (Å²) in [5.41, 5.74) is -0.717. The third-order valence-electron chi connectivity index (χ3n) is 6.01. The largest absolute Gasteiger partial charge is 0.355 e. The van der Waals surface area contributed by atoms with Gasteiger partial charge < -0.3 is 10.6 Å². The summed E-state index contributed by atoms with van der Waals surface area (Å²) < 4.78 is 0. The van der Waals surface area contributed by atoms with Crippen molar-refractivity contribution in [2.75, 3.05) is 11.9 Å². The van der Waals surface area contributed by atoms with Crippen LogP contribution in [0.1, 0.15) is 53.3 Å². The van der Waals surface area contributed by atoms with Gasteiger partial charge in [0.1, 0.15) is 11.5 Å². The molecule has 4 rings (SSSR count). The van der Waals surface area contributed by atoms with Crippen molar-refractivity contribution in [1.29, 1.82) is 0 Å².